The highest BCUT2D eigenvalue weighted by atomic mass is 16.4. The van der Waals surface area contributed by atoms with Crippen molar-refractivity contribution in [2.24, 2.45) is 0 Å². The summed E-state index contributed by atoms with van der Waals surface area (Å²) in [6.45, 7) is 3.72. The Morgan fingerprint density at radius 2 is 1.96 bits per heavy atom. The maximum Gasteiger partial charge on any atom is 0.417 e. The normalized spacial score (nSPS) is 10.6. The second-order valence-electron chi connectivity index (χ2n) is 6.20. The van der Waals surface area contributed by atoms with Crippen LogP contribution in [-0.2, 0) is 0 Å². The van der Waals surface area contributed by atoms with Gasteiger partial charge in [0.05, 0.1) is 11.1 Å². The van der Waals surface area contributed by atoms with Crippen LogP contribution in [0.3, 0.4) is 0 Å². The summed E-state index contributed by atoms with van der Waals surface area (Å²) < 4.78 is 5.01. The van der Waals surface area contributed by atoms with Crippen molar-refractivity contribution < 1.29 is 4.42 Å². The Hall–Kier alpha value is -4.19. The highest BCUT2D eigenvalue weighted by molar-refractivity contribution is 5.78. The van der Waals surface area contributed by atoms with Crippen LogP contribution in [0.1, 0.15) is 16.7 Å². The molecule has 3 aromatic heterocycles. The second-order valence-corrected chi connectivity index (χ2v) is 6.20. The van der Waals surface area contributed by atoms with Gasteiger partial charge in [-0.1, -0.05) is 0 Å². The minimum atomic E-state index is -0.498. The van der Waals surface area contributed by atoms with Gasteiger partial charge in [-0.05, 0) is 43.7 Å². The molecule has 0 aliphatic carbocycles. The van der Waals surface area contributed by atoms with Crippen LogP contribution in [-0.4, -0.2) is 19.9 Å². The predicted octanol–water partition coefficient (Wildman–Crippen LogP) is 3.28. The minimum Gasteiger partial charge on any atom is -0.408 e. The van der Waals surface area contributed by atoms with Crippen LogP contribution in [0.25, 0.3) is 11.1 Å². The van der Waals surface area contributed by atoms with E-state index in [1.807, 2.05) is 13.8 Å². The molecule has 4 aromatic rings. The lowest BCUT2D eigenvalue weighted by Crippen LogP contribution is -2.04. The van der Waals surface area contributed by atoms with Crippen LogP contribution in [0, 0.1) is 25.2 Å². The molecule has 0 atom stereocenters. The number of oxazole rings is 1. The molecule has 4 rings (SSSR count). The average molecular weight is 373 g/mol. The van der Waals surface area contributed by atoms with Gasteiger partial charge in [-0.15, -0.1) is 0 Å². The summed E-state index contributed by atoms with van der Waals surface area (Å²) in [5.74, 6) is 1.02. The molecule has 0 amide bonds. The molecule has 28 heavy (non-hydrogen) atoms. The summed E-state index contributed by atoms with van der Waals surface area (Å²) in [5, 5.41) is 15.3. The maximum atomic E-state index is 11.3. The highest BCUT2D eigenvalue weighted by Crippen LogP contribution is 2.23. The van der Waals surface area contributed by atoms with Crippen LogP contribution in [0.2, 0.25) is 0 Å². The number of hydrogen-bond donors (Lipinski definition) is 3. The molecule has 0 fully saturated rings. The van der Waals surface area contributed by atoms with E-state index in [1.54, 1.807) is 30.5 Å². The zero-order chi connectivity index (χ0) is 19.7. The zero-order valence-corrected chi connectivity index (χ0v) is 15.1. The van der Waals surface area contributed by atoms with E-state index in [4.69, 9.17) is 9.68 Å². The van der Waals surface area contributed by atoms with E-state index in [1.165, 1.54) is 6.20 Å². The van der Waals surface area contributed by atoms with E-state index >= 15 is 0 Å². The molecule has 1 aromatic carbocycles. The first-order valence-electron chi connectivity index (χ1n) is 8.39. The monoisotopic (exact) mass is 373 g/mol. The largest absolute Gasteiger partial charge is 0.417 e. The van der Waals surface area contributed by atoms with E-state index in [9.17, 15) is 4.79 Å². The third-order valence-electron chi connectivity index (χ3n) is 4.12. The number of nitriles is 1. The van der Waals surface area contributed by atoms with Crippen molar-refractivity contribution in [1.82, 2.24) is 19.9 Å². The molecular formula is C19H15N7O2. The number of nitrogens with zero attached hydrogens (tertiary/aromatic N) is 4. The minimum absolute atomic E-state index is 0.363. The summed E-state index contributed by atoms with van der Waals surface area (Å²) in [6.07, 6.45) is 3.19. The molecule has 9 heteroatoms. The van der Waals surface area contributed by atoms with E-state index in [0.717, 1.165) is 16.8 Å². The van der Waals surface area contributed by atoms with Crippen molar-refractivity contribution in [2.45, 2.75) is 13.8 Å². The predicted molar refractivity (Wildman–Crippen MR) is 104 cm³/mol. The molecule has 0 bridgehead atoms. The van der Waals surface area contributed by atoms with Gasteiger partial charge in [0.25, 0.3) is 0 Å². The lowest BCUT2D eigenvalue weighted by molar-refractivity contribution is 0.555. The summed E-state index contributed by atoms with van der Waals surface area (Å²) in [6, 6.07) is 9.10. The van der Waals surface area contributed by atoms with Crippen molar-refractivity contribution in [3.05, 3.63) is 63.9 Å². The number of aromatic amines is 1. The standard InChI is InChI=1S/C19H15N7O2/c1-10-5-16(21-9-12(10)7-20)25-18-22-8-11(2)17(26-18)23-13-3-4-15-14(6-13)24-19(27)28-15/h3-6,8-9H,1-2H3,(H,24,27)(H2,21,22,23,25,26). The number of anilines is 4. The molecular weight excluding hydrogens is 358 g/mol. The smallest absolute Gasteiger partial charge is 0.408 e. The highest BCUT2D eigenvalue weighted by Gasteiger charge is 2.08. The fourth-order valence-electron chi connectivity index (χ4n) is 2.65. The number of aromatic nitrogens is 4. The lowest BCUT2D eigenvalue weighted by Gasteiger charge is -2.11. The number of aryl methyl sites for hydroxylation is 2. The van der Waals surface area contributed by atoms with E-state index in [2.05, 4.69) is 36.6 Å². The molecule has 3 N–H and O–H groups in total. The number of H-pyrrole nitrogens is 1. The number of pyridine rings is 1. The van der Waals surface area contributed by atoms with Crippen LogP contribution in [0.4, 0.5) is 23.3 Å². The first kappa shape index (κ1) is 17.2. The van der Waals surface area contributed by atoms with Gasteiger partial charge >= 0.3 is 5.76 Å². The Morgan fingerprint density at radius 1 is 1.11 bits per heavy atom. The third-order valence-corrected chi connectivity index (χ3v) is 4.12. The lowest BCUT2D eigenvalue weighted by atomic mass is 10.2. The summed E-state index contributed by atoms with van der Waals surface area (Å²) in [7, 11) is 0. The topological polar surface area (TPSA) is 133 Å². The molecule has 0 saturated carbocycles. The zero-order valence-electron chi connectivity index (χ0n) is 15.1. The van der Waals surface area contributed by atoms with E-state index < -0.39 is 5.76 Å². The van der Waals surface area contributed by atoms with Crippen LogP contribution in [0.5, 0.6) is 0 Å². The van der Waals surface area contributed by atoms with Gasteiger partial charge in [0.2, 0.25) is 5.95 Å². The third kappa shape index (κ3) is 3.39. The molecule has 0 aliphatic heterocycles. The number of rotatable bonds is 4. The quantitative estimate of drug-likeness (QED) is 0.496. The molecule has 0 aliphatic rings. The fourth-order valence-corrected chi connectivity index (χ4v) is 2.65. The molecule has 3 heterocycles. The number of hydrogen-bond acceptors (Lipinski definition) is 8. The summed E-state index contributed by atoms with van der Waals surface area (Å²) in [4.78, 5) is 26.9. The Kier molecular flexibility index (Phi) is 4.21. The molecule has 0 radical (unpaired) electrons. The molecule has 138 valence electrons. The van der Waals surface area contributed by atoms with Crippen molar-refractivity contribution >= 4 is 34.4 Å². The van der Waals surface area contributed by atoms with E-state index in [0.29, 0.717) is 34.2 Å². The Bertz CT molecular complexity index is 1280. The van der Waals surface area contributed by atoms with Crippen molar-refractivity contribution in [1.29, 1.82) is 5.26 Å². The van der Waals surface area contributed by atoms with Crippen LogP contribution >= 0.6 is 0 Å². The van der Waals surface area contributed by atoms with Crippen LogP contribution < -0.4 is 16.4 Å². The number of fused-ring (bicyclic) bond motifs is 1. The second kappa shape index (κ2) is 6.85. The van der Waals surface area contributed by atoms with Crippen LogP contribution in [0.15, 0.2) is 45.9 Å². The Labute approximate surface area is 159 Å². The SMILES string of the molecule is Cc1cc(Nc2ncc(C)c(Nc3ccc4oc(=O)[nH]c4c3)n2)ncc1C#N. The van der Waals surface area contributed by atoms with Gasteiger partial charge in [0.1, 0.15) is 17.7 Å². The summed E-state index contributed by atoms with van der Waals surface area (Å²) >= 11 is 0. The maximum absolute atomic E-state index is 11.3. The van der Waals surface area contributed by atoms with E-state index in [-0.39, 0.29) is 0 Å². The number of nitrogens with one attached hydrogen (secondary N) is 3. The number of benzene rings is 1. The van der Waals surface area contributed by atoms with Crippen molar-refractivity contribution in [3.8, 4) is 6.07 Å². The van der Waals surface area contributed by atoms with Gasteiger partial charge in [-0.3, -0.25) is 4.98 Å². The molecule has 0 saturated heterocycles. The van der Waals surface area contributed by atoms with Gasteiger partial charge in [0, 0.05) is 23.6 Å². The summed E-state index contributed by atoms with van der Waals surface area (Å²) in [5.41, 5.74) is 4.00. The van der Waals surface area contributed by atoms with Gasteiger partial charge < -0.3 is 15.1 Å². The van der Waals surface area contributed by atoms with Gasteiger partial charge in [-0.25, -0.2) is 14.8 Å². The first-order valence-corrected chi connectivity index (χ1v) is 8.39. The average Bonchev–Trinajstić information content (AvgIpc) is 3.04. The first-order chi connectivity index (χ1) is 13.5. The molecule has 0 unspecified atom stereocenters. The van der Waals surface area contributed by atoms with Crippen molar-refractivity contribution in [2.75, 3.05) is 10.6 Å². The fraction of sp³-hybridized carbons (Fsp3) is 0.105. The Balaban J connectivity index is 1.60. The van der Waals surface area contributed by atoms with Gasteiger partial charge in [-0.2, -0.15) is 10.2 Å². The van der Waals surface area contributed by atoms with Crippen molar-refractivity contribution in [3.63, 3.8) is 0 Å². The van der Waals surface area contributed by atoms with Gasteiger partial charge in [0.15, 0.2) is 5.58 Å². The molecule has 9 nitrogen and oxygen atoms in total. The molecule has 0 spiro atoms. The Morgan fingerprint density at radius 3 is 2.75 bits per heavy atom.